The number of carbonyl (C=O) groups excluding carboxylic acids is 2. The Morgan fingerprint density at radius 1 is 1.13 bits per heavy atom. The first-order valence-corrected chi connectivity index (χ1v) is 13.2. The van der Waals surface area contributed by atoms with Crippen LogP contribution in [-0.4, -0.2) is 85.7 Å². The van der Waals surface area contributed by atoms with Crippen LogP contribution in [0.5, 0.6) is 0 Å². The summed E-state index contributed by atoms with van der Waals surface area (Å²) in [5, 5.41) is 18.2. The van der Waals surface area contributed by atoms with Gasteiger partial charge in [0.1, 0.15) is 11.7 Å². The summed E-state index contributed by atoms with van der Waals surface area (Å²) >= 11 is 0. The van der Waals surface area contributed by atoms with E-state index in [1.54, 1.807) is 4.90 Å². The van der Waals surface area contributed by atoms with Gasteiger partial charge < -0.3 is 27.0 Å². The fourth-order valence-corrected chi connectivity index (χ4v) is 6.61. The molecule has 1 spiro atoms. The van der Waals surface area contributed by atoms with Crippen LogP contribution in [0.4, 0.5) is 0 Å². The highest BCUT2D eigenvalue weighted by molar-refractivity contribution is 5.96. The van der Waals surface area contributed by atoms with Gasteiger partial charge in [-0.05, 0) is 42.9 Å². The minimum Gasteiger partial charge on any atom is -0.370 e. The van der Waals surface area contributed by atoms with E-state index in [1.165, 1.54) is 24.2 Å². The fraction of sp³-hybridized carbons (Fsp3) is 0.462. The minimum atomic E-state index is -1.17. The summed E-state index contributed by atoms with van der Waals surface area (Å²) in [5.74, 6) is -0.822. The van der Waals surface area contributed by atoms with Gasteiger partial charge in [0, 0.05) is 37.0 Å². The second kappa shape index (κ2) is 9.49. The second-order valence-electron chi connectivity index (χ2n) is 10.5. The molecule has 1 saturated heterocycles. The Balaban J connectivity index is 1.25. The molecule has 6 rings (SSSR count). The first kappa shape index (κ1) is 25.0. The Morgan fingerprint density at radius 3 is 2.74 bits per heavy atom. The Hall–Kier alpha value is -4.26. The molecule has 2 amide bonds. The Kier molecular flexibility index (Phi) is 6.09. The number of rotatable bonds is 5. The largest absolute Gasteiger partial charge is 0.370 e. The molecule has 7 N–H and O–H groups in total. The second-order valence-corrected chi connectivity index (χ2v) is 10.5. The maximum atomic E-state index is 13.5. The zero-order valence-corrected chi connectivity index (χ0v) is 21.6. The first-order valence-electron chi connectivity index (χ1n) is 13.2. The van der Waals surface area contributed by atoms with Crippen molar-refractivity contribution in [3.8, 4) is 0 Å². The van der Waals surface area contributed by atoms with Gasteiger partial charge in [-0.15, -0.1) is 0 Å². The summed E-state index contributed by atoms with van der Waals surface area (Å²) in [6.45, 7) is 2.33. The summed E-state index contributed by atoms with van der Waals surface area (Å²) in [5.41, 5.74) is 14.6. The number of aliphatic imine (C=N–C) groups is 2. The van der Waals surface area contributed by atoms with Gasteiger partial charge in [-0.2, -0.15) is 5.06 Å². The van der Waals surface area contributed by atoms with Gasteiger partial charge >= 0.3 is 0 Å². The van der Waals surface area contributed by atoms with Crippen molar-refractivity contribution >= 4 is 23.7 Å². The lowest BCUT2D eigenvalue weighted by Crippen LogP contribution is -2.71. The monoisotopic (exact) mass is 532 g/mol. The van der Waals surface area contributed by atoms with E-state index < -0.39 is 23.7 Å². The van der Waals surface area contributed by atoms with E-state index in [0.29, 0.717) is 12.1 Å². The summed E-state index contributed by atoms with van der Waals surface area (Å²) in [4.78, 5) is 45.0. The molecule has 4 heterocycles. The molecule has 2 aromatic rings. The molecule has 5 atom stereocenters. The normalized spacial score (nSPS) is 29.1. The number of aryl methyl sites for hydroxylation is 1. The van der Waals surface area contributed by atoms with Crippen LogP contribution in [0.3, 0.4) is 0 Å². The third-order valence-corrected chi connectivity index (χ3v) is 8.51. The van der Waals surface area contributed by atoms with Crippen LogP contribution in [-0.2, 0) is 12.8 Å². The summed E-state index contributed by atoms with van der Waals surface area (Å²) < 4.78 is 0. The van der Waals surface area contributed by atoms with Crippen LogP contribution < -0.4 is 22.1 Å². The van der Waals surface area contributed by atoms with Gasteiger partial charge in [-0.3, -0.25) is 19.8 Å². The molecule has 3 unspecified atom stereocenters. The van der Waals surface area contributed by atoms with E-state index in [0.717, 1.165) is 36.3 Å². The number of nitrogens with zero attached hydrogens (tertiary/aromatic N) is 6. The Morgan fingerprint density at radius 2 is 1.95 bits per heavy atom. The standard InChI is InChI=1S/C26H32N10O3/c1-14-20(32-22(37)17-8-4-6-15-5-2-3-7-16(15)17)13-35-24(27)33-18(21-26(14,35)36(39)25(28)34-21)12-31-23(38)19-11-29-9-10-30-19/h4,6,8-11,14,18,20-21,39H,2-3,5,7,12-13H2,1H3,(H2,27,33)(H2,28,34)(H,31,38)(H,32,37)/t14-,18?,20+,21?,26?/m1/s1. The third-order valence-electron chi connectivity index (χ3n) is 8.51. The molecule has 1 fully saturated rings. The molecule has 13 nitrogen and oxygen atoms in total. The molecular formula is C26H32N10O3. The number of carbonyl (C=O) groups is 2. The van der Waals surface area contributed by atoms with Gasteiger partial charge in [-0.1, -0.05) is 19.1 Å². The smallest absolute Gasteiger partial charge is 0.271 e. The van der Waals surface area contributed by atoms with E-state index >= 15 is 0 Å². The molecule has 1 aliphatic carbocycles. The lowest BCUT2D eigenvalue weighted by Gasteiger charge is -2.49. The van der Waals surface area contributed by atoms with E-state index in [2.05, 4.69) is 36.7 Å². The molecule has 1 aromatic heterocycles. The van der Waals surface area contributed by atoms with Crippen LogP contribution in [0.15, 0.2) is 46.8 Å². The van der Waals surface area contributed by atoms with Crippen molar-refractivity contribution < 1.29 is 14.8 Å². The predicted molar refractivity (Wildman–Crippen MR) is 142 cm³/mol. The average molecular weight is 533 g/mol. The van der Waals surface area contributed by atoms with Crippen LogP contribution in [0, 0.1) is 5.92 Å². The van der Waals surface area contributed by atoms with Crippen molar-refractivity contribution in [2.75, 3.05) is 13.1 Å². The van der Waals surface area contributed by atoms with Crippen LogP contribution in [0.1, 0.15) is 51.7 Å². The number of aromatic nitrogens is 2. The van der Waals surface area contributed by atoms with Gasteiger partial charge in [0.15, 0.2) is 11.6 Å². The zero-order chi connectivity index (χ0) is 27.3. The number of guanidine groups is 2. The van der Waals surface area contributed by atoms with Crippen LogP contribution >= 0.6 is 0 Å². The molecule has 0 saturated carbocycles. The SMILES string of the molecule is C[C@@H]1[C@@H](NC(=O)c2cccc3c2CCCC3)CN2C(N)=NC(CNC(=O)c3cnccn3)C3N=C(N)N(O)C312. The van der Waals surface area contributed by atoms with Crippen molar-refractivity contribution in [2.24, 2.45) is 27.4 Å². The van der Waals surface area contributed by atoms with E-state index in [1.807, 2.05) is 19.1 Å². The van der Waals surface area contributed by atoms with Gasteiger partial charge in [0.2, 0.25) is 5.96 Å². The summed E-state index contributed by atoms with van der Waals surface area (Å²) in [7, 11) is 0. The Bertz CT molecular complexity index is 1370. The number of amides is 2. The zero-order valence-electron chi connectivity index (χ0n) is 21.6. The quantitative estimate of drug-likeness (QED) is 0.342. The molecule has 13 heteroatoms. The summed E-state index contributed by atoms with van der Waals surface area (Å²) in [6, 6.07) is 4.25. The van der Waals surface area contributed by atoms with E-state index in [4.69, 9.17) is 11.5 Å². The molecule has 0 radical (unpaired) electrons. The topological polar surface area (TPSA) is 187 Å². The van der Waals surface area contributed by atoms with Crippen LogP contribution in [0.2, 0.25) is 0 Å². The number of nitrogens with two attached hydrogens (primary N) is 2. The predicted octanol–water partition coefficient (Wildman–Crippen LogP) is -0.383. The third kappa shape index (κ3) is 3.87. The van der Waals surface area contributed by atoms with Crippen molar-refractivity contribution in [1.82, 2.24) is 30.6 Å². The molecule has 39 heavy (non-hydrogen) atoms. The molecule has 4 aliphatic rings. The van der Waals surface area contributed by atoms with Crippen molar-refractivity contribution in [3.05, 3.63) is 59.2 Å². The number of benzene rings is 1. The fourth-order valence-electron chi connectivity index (χ4n) is 6.61. The minimum absolute atomic E-state index is 0.0730. The average Bonchev–Trinajstić information content (AvgIpc) is 3.40. The lowest BCUT2D eigenvalue weighted by molar-refractivity contribution is -0.166. The van der Waals surface area contributed by atoms with Gasteiger partial charge in [-0.25, -0.2) is 15.0 Å². The molecule has 3 aliphatic heterocycles. The molecule has 0 bridgehead atoms. The number of fused-ring (bicyclic) bond motifs is 1. The van der Waals surface area contributed by atoms with Gasteiger partial charge in [0.25, 0.3) is 11.8 Å². The van der Waals surface area contributed by atoms with Gasteiger partial charge in [0.05, 0.1) is 18.3 Å². The van der Waals surface area contributed by atoms with Crippen molar-refractivity contribution in [1.29, 1.82) is 0 Å². The number of hydrogen-bond acceptors (Lipinski definition) is 11. The van der Waals surface area contributed by atoms with Crippen LogP contribution in [0.25, 0.3) is 0 Å². The van der Waals surface area contributed by atoms with Crippen molar-refractivity contribution in [3.63, 3.8) is 0 Å². The van der Waals surface area contributed by atoms with E-state index in [9.17, 15) is 14.8 Å². The number of hydroxylamine groups is 2. The van der Waals surface area contributed by atoms with Crippen molar-refractivity contribution in [2.45, 2.75) is 56.4 Å². The highest BCUT2D eigenvalue weighted by Crippen LogP contribution is 2.47. The number of hydrogen-bond donors (Lipinski definition) is 5. The highest BCUT2D eigenvalue weighted by atomic mass is 16.5. The molecule has 204 valence electrons. The molecule has 1 aromatic carbocycles. The summed E-state index contributed by atoms with van der Waals surface area (Å²) in [6.07, 6.45) is 8.34. The maximum Gasteiger partial charge on any atom is 0.271 e. The maximum absolute atomic E-state index is 13.5. The van der Waals surface area contributed by atoms with E-state index in [-0.39, 0.29) is 42.0 Å². The number of nitrogens with one attached hydrogen (secondary N) is 2. The Labute approximate surface area is 225 Å². The highest BCUT2D eigenvalue weighted by Gasteiger charge is 2.67. The first-order chi connectivity index (χ1) is 18.8. The molecular weight excluding hydrogens is 500 g/mol. The lowest BCUT2D eigenvalue weighted by atomic mass is 9.81.